The van der Waals surface area contributed by atoms with Gasteiger partial charge in [-0.3, -0.25) is 9.52 Å². The van der Waals surface area contributed by atoms with Crippen molar-refractivity contribution in [2.45, 2.75) is 43.4 Å². The molecule has 3 aromatic carbocycles. The normalized spacial score (nSPS) is 13.7. The van der Waals surface area contributed by atoms with Crippen molar-refractivity contribution in [2.75, 3.05) is 17.6 Å². The van der Waals surface area contributed by atoms with Gasteiger partial charge in [0.05, 0.1) is 6.54 Å². The number of aryl methyl sites for hydroxylation is 2. The van der Waals surface area contributed by atoms with Gasteiger partial charge >= 0.3 is 0 Å². The Labute approximate surface area is 188 Å². The number of hydrogen-bond donors (Lipinski definition) is 3. The van der Waals surface area contributed by atoms with E-state index in [1.807, 2.05) is 60.7 Å². The lowest BCUT2D eigenvalue weighted by atomic mass is 9.98. The molecule has 5 heteroatoms. The average Bonchev–Trinajstić information content (AvgIpc) is 3.46. The van der Waals surface area contributed by atoms with Crippen LogP contribution in [0.25, 0.3) is 0 Å². The molecule has 31 heavy (non-hydrogen) atoms. The van der Waals surface area contributed by atoms with E-state index in [1.165, 1.54) is 47.0 Å². The van der Waals surface area contributed by atoms with Crippen LogP contribution in [0.1, 0.15) is 35.1 Å². The van der Waals surface area contributed by atoms with Crippen LogP contribution in [0.4, 0.5) is 11.4 Å². The number of nitrogens with one attached hydrogen (secondary N) is 2. The fourth-order valence-electron chi connectivity index (χ4n) is 4.26. The predicted octanol–water partition coefficient (Wildman–Crippen LogP) is 5.17. The SMILES string of the molecule is Nc1ccc(SNCC(=O)Nc2c3c(cc4c2CCC4)CCC3)cc1.c1ccccc1. The zero-order chi connectivity index (χ0) is 21.5. The topological polar surface area (TPSA) is 67.1 Å². The molecule has 0 fully saturated rings. The number of rotatable bonds is 5. The Kier molecular flexibility index (Phi) is 7.28. The molecule has 2 aliphatic rings. The van der Waals surface area contributed by atoms with Gasteiger partial charge in [-0.25, -0.2) is 0 Å². The third-order valence-corrected chi connectivity index (χ3v) is 6.50. The fourth-order valence-corrected chi connectivity index (χ4v) is 4.90. The quantitative estimate of drug-likeness (QED) is 0.385. The molecule has 3 aromatic rings. The molecule has 160 valence electrons. The molecule has 1 amide bonds. The molecular weight excluding hydrogens is 402 g/mol. The summed E-state index contributed by atoms with van der Waals surface area (Å²) in [7, 11) is 0. The highest BCUT2D eigenvalue weighted by Gasteiger charge is 2.24. The molecule has 0 saturated heterocycles. The number of hydrogen-bond acceptors (Lipinski definition) is 4. The number of benzene rings is 3. The van der Waals surface area contributed by atoms with Crippen LogP contribution in [-0.4, -0.2) is 12.5 Å². The minimum Gasteiger partial charge on any atom is -0.399 e. The number of carbonyl (C=O) groups is 1. The number of carbonyl (C=O) groups excluding carboxylic acids is 1. The zero-order valence-corrected chi connectivity index (χ0v) is 18.5. The molecule has 0 spiro atoms. The van der Waals surface area contributed by atoms with E-state index in [0.29, 0.717) is 0 Å². The standard InChI is InChI=1S/C20H23N3OS.C6H6/c21-15-7-9-16(10-8-15)25-22-12-19(24)23-20-17-5-1-3-13(17)11-14-4-2-6-18(14)20;1-2-4-6-5-3-1/h7-11,22H,1-6,12,21H2,(H,23,24);1-6H. The van der Waals surface area contributed by atoms with E-state index in [2.05, 4.69) is 16.1 Å². The van der Waals surface area contributed by atoms with Gasteiger partial charge in [0.2, 0.25) is 5.91 Å². The summed E-state index contributed by atoms with van der Waals surface area (Å²) in [5.74, 6) is 0.0253. The van der Waals surface area contributed by atoms with Crippen LogP contribution in [-0.2, 0) is 30.5 Å². The van der Waals surface area contributed by atoms with Crippen molar-refractivity contribution in [2.24, 2.45) is 0 Å². The van der Waals surface area contributed by atoms with Gasteiger partial charge in [0.25, 0.3) is 0 Å². The van der Waals surface area contributed by atoms with Crippen LogP contribution in [0.3, 0.4) is 0 Å². The molecule has 0 bridgehead atoms. The molecular formula is C26H29N3OS. The van der Waals surface area contributed by atoms with Crippen molar-refractivity contribution in [1.82, 2.24) is 4.72 Å². The minimum atomic E-state index is 0.0253. The highest BCUT2D eigenvalue weighted by molar-refractivity contribution is 7.97. The maximum atomic E-state index is 12.4. The first-order valence-corrected chi connectivity index (χ1v) is 11.7. The Balaban J connectivity index is 0.000000334. The molecule has 2 aliphatic carbocycles. The second-order valence-corrected chi connectivity index (χ2v) is 8.89. The number of nitrogens with two attached hydrogens (primary N) is 1. The van der Waals surface area contributed by atoms with E-state index in [0.717, 1.165) is 42.0 Å². The Morgan fingerprint density at radius 3 is 1.94 bits per heavy atom. The Hall–Kier alpha value is -2.76. The van der Waals surface area contributed by atoms with Crippen molar-refractivity contribution in [3.63, 3.8) is 0 Å². The Bertz CT molecular complexity index is 960. The summed E-state index contributed by atoms with van der Waals surface area (Å²) < 4.78 is 3.14. The summed E-state index contributed by atoms with van der Waals surface area (Å²) in [4.78, 5) is 13.5. The van der Waals surface area contributed by atoms with E-state index >= 15 is 0 Å². The molecule has 0 atom stereocenters. The second-order valence-electron chi connectivity index (χ2n) is 7.93. The van der Waals surface area contributed by atoms with E-state index in [9.17, 15) is 4.79 Å². The number of anilines is 2. The lowest BCUT2D eigenvalue weighted by Gasteiger charge is -2.16. The van der Waals surface area contributed by atoms with Crippen molar-refractivity contribution in [3.8, 4) is 0 Å². The van der Waals surface area contributed by atoms with E-state index < -0.39 is 0 Å². The van der Waals surface area contributed by atoms with Gasteiger partial charge in [0.1, 0.15) is 0 Å². The van der Waals surface area contributed by atoms with Crippen molar-refractivity contribution < 1.29 is 4.79 Å². The Morgan fingerprint density at radius 2 is 1.39 bits per heavy atom. The van der Waals surface area contributed by atoms with Crippen LogP contribution in [0.2, 0.25) is 0 Å². The van der Waals surface area contributed by atoms with E-state index in [-0.39, 0.29) is 12.5 Å². The summed E-state index contributed by atoms with van der Waals surface area (Å²) in [6.07, 6.45) is 6.88. The summed E-state index contributed by atoms with van der Waals surface area (Å²) in [6.45, 7) is 0.285. The zero-order valence-electron chi connectivity index (χ0n) is 17.7. The van der Waals surface area contributed by atoms with Gasteiger partial charge in [0, 0.05) is 16.3 Å². The van der Waals surface area contributed by atoms with Gasteiger partial charge < -0.3 is 11.1 Å². The number of fused-ring (bicyclic) bond motifs is 2. The molecule has 4 nitrogen and oxygen atoms in total. The van der Waals surface area contributed by atoms with Crippen LogP contribution in [0.5, 0.6) is 0 Å². The van der Waals surface area contributed by atoms with Crippen LogP contribution in [0.15, 0.2) is 71.6 Å². The Morgan fingerprint density at radius 1 is 0.839 bits per heavy atom. The summed E-state index contributed by atoms with van der Waals surface area (Å²) in [5, 5.41) is 3.20. The highest BCUT2D eigenvalue weighted by atomic mass is 32.2. The maximum Gasteiger partial charge on any atom is 0.239 e. The van der Waals surface area contributed by atoms with Crippen molar-refractivity contribution in [1.29, 1.82) is 0 Å². The van der Waals surface area contributed by atoms with Crippen molar-refractivity contribution in [3.05, 3.63) is 89.0 Å². The van der Waals surface area contributed by atoms with E-state index in [1.54, 1.807) is 0 Å². The first-order chi connectivity index (χ1) is 15.2. The summed E-state index contributed by atoms with van der Waals surface area (Å²) >= 11 is 1.45. The molecule has 0 saturated carbocycles. The fraction of sp³-hybridized carbons (Fsp3) is 0.269. The van der Waals surface area contributed by atoms with Gasteiger partial charge in [0.15, 0.2) is 0 Å². The third-order valence-electron chi connectivity index (χ3n) is 5.71. The number of amides is 1. The van der Waals surface area contributed by atoms with Gasteiger partial charge in [-0.1, -0.05) is 42.5 Å². The van der Waals surface area contributed by atoms with Crippen LogP contribution < -0.4 is 15.8 Å². The summed E-state index contributed by atoms with van der Waals surface area (Å²) in [6, 6.07) is 22.0. The van der Waals surface area contributed by atoms with Gasteiger partial charge in [-0.05, 0) is 97.0 Å². The monoisotopic (exact) mass is 431 g/mol. The lowest BCUT2D eigenvalue weighted by Crippen LogP contribution is -2.25. The first-order valence-electron chi connectivity index (χ1n) is 10.9. The maximum absolute atomic E-state index is 12.4. The van der Waals surface area contributed by atoms with E-state index in [4.69, 9.17) is 5.73 Å². The highest BCUT2D eigenvalue weighted by Crippen LogP contribution is 2.38. The van der Waals surface area contributed by atoms with Crippen LogP contribution in [0, 0.1) is 0 Å². The minimum absolute atomic E-state index is 0.0253. The predicted molar refractivity (Wildman–Crippen MR) is 130 cm³/mol. The van der Waals surface area contributed by atoms with Gasteiger partial charge in [-0.2, -0.15) is 0 Å². The third kappa shape index (κ3) is 5.69. The first kappa shape index (κ1) is 21.5. The lowest BCUT2D eigenvalue weighted by molar-refractivity contribution is -0.115. The van der Waals surface area contributed by atoms with Crippen LogP contribution >= 0.6 is 11.9 Å². The smallest absolute Gasteiger partial charge is 0.239 e. The number of nitrogen functional groups attached to an aromatic ring is 1. The van der Waals surface area contributed by atoms with Crippen molar-refractivity contribution >= 4 is 29.2 Å². The largest absolute Gasteiger partial charge is 0.399 e. The molecule has 4 N–H and O–H groups in total. The molecule has 5 rings (SSSR count). The molecule has 0 radical (unpaired) electrons. The second kappa shape index (κ2) is 10.5. The molecule has 0 unspecified atom stereocenters. The molecule has 0 aromatic heterocycles. The average molecular weight is 432 g/mol. The van der Waals surface area contributed by atoms with Gasteiger partial charge in [-0.15, -0.1) is 0 Å². The molecule has 0 aliphatic heterocycles. The molecule has 0 heterocycles. The summed E-state index contributed by atoms with van der Waals surface area (Å²) in [5.41, 5.74) is 13.2.